The van der Waals surface area contributed by atoms with Gasteiger partial charge in [0.05, 0.1) is 0 Å². The molecule has 1 saturated carbocycles. The van der Waals surface area contributed by atoms with Crippen LogP contribution in [0.3, 0.4) is 0 Å². The average Bonchev–Trinajstić information content (AvgIpc) is 2.70. The van der Waals surface area contributed by atoms with Gasteiger partial charge in [0.1, 0.15) is 6.17 Å². The molecule has 0 aromatic carbocycles. The van der Waals surface area contributed by atoms with Crippen LogP contribution in [0, 0.1) is 17.3 Å². The van der Waals surface area contributed by atoms with Gasteiger partial charge in [-0.15, -0.1) is 0 Å². The first-order valence-electron chi connectivity index (χ1n) is 10.2. The molecule has 2 nitrogen and oxygen atoms in total. The Kier molecular flexibility index (Phi) is 5.08. The van der Waals surface area contributed by atoms with E-state index in [9.17, 15) is 4.39 Å². The van der Waals surface area contributed by atoms with Crippen molar-refractivity contribution in [3.63, 3.8) is 0 Å². The molecule has 2 heterocycles. The number of halogens is 1. The van der Waals surface area contributed by atoms with E-state index in [4.69, 9.17) is 0 Å². The van der Waals surface area contributed by atoms with Crippen molar-refractivity contribution in [2.24, 2.45) is 17.3 Å². The lowest BCUT2D eigenvalue weighted by molar-refractivity contribution is -0.0137. The summed E-state index contributed by atoms with van der Waals surface area (Å²) in [6.45, 7) is 17.2. The summed E-state index contributed by atoms with van der Waals surface area (Å²) in [6.07, 6.45) is 5.18. The van der Waals surface area contributed by atoms with Crippen LogP contribution >= 0.6 is 0 Å². The minimum atomic E-state index is -0.601. The molecule has 0 N–H and O–H groups in total. The summed E-state index contributed by atoms with van der Waals surface area (Å²) in [4.78, 5) is 5.43. The van der Waals surface area contributed by atoms with Gasteiger partial charge < -0.3 is 0 Å². The lowest BCUT2D eigenvalue weighted by Gasteiger charge is -2.49. The molecule has 2 aliphatic heterocycles. The molecule has 0 spiro atoms. The molecular formula is C21H39FN2. The Balaban J connectivity index is 1.54. The van der Waals surface area contributed by atoms with Crippen LogP contribution in [0.2, 0.25) is 0 Å². The van der Waals surface area contributed by atoms with Crippen LogP contribution in [0.15, 0.2) is 0 Å². The Labute approximate surface area is 149 Å². The normalized spacial score (nSPS) is 39.4. The van der Waals surface area contributed by atoms with Gasteiger partial charge in [-0.1, -0.05) is 20.8 Å². The Morgan fingerprint density at radius 1 is 0.875 bits per heavy atom. The number of fused-ring (bicyclic) bond motifs is 2. The zero-order valence-corrected chi connectivity index (χ0v) is 16.8. The minimum absolute atomic E-state index is 0.113. The van der Waals surface area contributed by atoms with E-state index in [1.807, 2.05) is 0 Å². The van der Waals surface area contributed by atoms with Crippen LogP contribution in [0.5, 0.6) is 0 Å². The lowest BCUT2D eigenvalue weighted by atomic mass is 9.68. The summed E-state index contributed by atoms with van der Waals surface area (Å²) in [7, 11) is 0. The van der Waals surface area contributed by atoms with E-state index in [0.29, 0.717) is 5.92 Å². The van der Waals surface area contributed by atoms with Crippen molar-refractivity contribution in [2.45, 2.75) is 97.4 Å². The maximum atomic E-state index is 14.7. The zero-order valence-electron chi connectivity index (χ0n) is 16.8. The first-order valence-corrected chi connectivity index (χ1v) is 10.2. The fourth-order valence-corrected chi connectivity index (χ4v) is 5.94. The van der Waals surface area contributed by atoms with Gasteiger partial charge in [0.2, 0.25) is 0 Å². The fraction of sp³-hybridized carbons (Fsp3) is 1.00. The van der Waals surface area contributed by atoms with Gasteiger partial charge in [0.25, 0.3) is 0 Å². The summed E-state index contributed by atoms with van der Waals surface area (Å²) in [6, 6.07) is 1.44. The third-order valence-electron chi connectivity index (χ3n) is 6.84. The molecule has 5 atom stereocenters. The molecule has 3 rings (SSSR count). The molecule has 24 heavy (non-hydrogen) atoms. The molecule has 5 unspecified atom stereocenters. The Bertz CT molecular complexity index is 422. The zero-order chi connectivity index (χ0) is 17.7. The van der Waals surface area contributed by atoms with Gasteiger partial charge in [-0.2, -0.15) is 0 Å². The third-order valence-corrected chi connectivity index (χ3v) is 6.84. The SMILES string of the molecule is CC(C)(C)C1CCC(CN2CC3CCC(C2)N3C(C)(C)C)CC1F. The number of rotatable bonds is 2. The van der Waals surface area contributed by atoms with Crippen molar-refractivity contribution >= 4 is 0 Å². The number of hydrogen-bond acceptors (Lipinski definition) is 2. The largest absolute Gasteiger partial charge is 0.300 e. The van der Waals surface area contributed by atoms with Gasteiger partial charge in [-0.05, 0) is 70.1 Å². The molecule has 3 aliphatic rings. The average molecular weight is 339 g/mol. The molecule has 2 saturated heterocycles. The molecule has 0 amide bonds. The summed E-state index contributed by atoms with van der Waals surface area (Å²) in [5.41, 5.74) is 0.397. The van der Waals surface area contributed by atoms with Crippen molar-refractivity contribution < 1.29 is 4.39 Å². The second-order valence-corrected chi connectivity index (χ2v) is 10.8. The molecule has 2 bridgehead atoms. The quantitative estimate of drug-likeness (QED) is 0.718. The van der Waals surface area contributed by atoms with Gasteiger partial charge in [-0.3, -0.25) is 9.80 Å². The molecule has 140 valence electrons. The first kappa shape index (κ1) is 18.6. The Morgan fingerprint density at radius 2 is 1.46 bits per heavy atom. The lowest BCUT2D eigenvalue weighted by Crippen LogP contribution is -2.60. The second kappa shape index (κ2) is 6.54. The van der Waals surface area contributed by atoms with E-state index in [1.54, 1.807) is 0 Å². The van der Waals surface area contributed by atoms with Gasteiger partial charge >= 0.3 is 0 Å². The van der Waals surface area contributed by atoms with E-state index in [2.05, 4.69) is 51.3 Å². The smallest absolute Gasteiger partial charge is 0.104 e. The fourth-order valence-electron chi connectivity index (χ4n) is 5.94. The highest BCUT2D eigenvalue weighted by Gasteiger charge is 2.45. The summed E-state index contributed by atoms with van der Waals surface area (Å²) < 4.78 is 14.7. The third kappa shape index (κ3) is 3.82. The van der Waals surface area contributed by atoms with Crippen molar-refractivity contribution in [3.8, 4) is 0 Å². The number of likely N-dealkylation sites (tertiary alicyclic amines) is 1. The first-order chi connectivity index (χ1) is 11.1. The number of piperazine rings is 1. The van der Waals surface area contributed by atoms with Crippen molar-refractivity contribution in [1.82, 2.24) is 9.80 Å². The maximum absolute atomic E-state index is 14.7. The monoisotopic (exact) mass is 338 g/mol. The molecule has 0 aromatic heterocycles. The Morgan fingerprint density at radius 3 is 1.92 bits per heavy atom. The van der Waals surface area contributed by atoms with E-state index in [1.165, 1.54) is 32.4 Å². The van der Waals surface area contributed by atoms with E-state index < -0.39 is 6.17 Å². The summed E-state index contributed by atoms with van der Waals surface area (Å²) in [5, 5.41) is 0. The van der Waals surface area contributed by atoms with Crippen LogP contribution < -0.4 is 0 Å². The summed E-state index contributed by atoms with van der Waals surface area (Å²) in [5.74, 6) is 0.821. The van der Waals surface area contributed by atoms with Gasteiger partial charge in [0, 0.05) is 37.3 Å². The van der Waals surface area contributed by atoms with Crippen LogP contribution in [0.4, 0.5) is 4.39 Å². The van der Waals surface area contributed by atoms with E-state index in [0.717, 1.165) is 31.5 Å². The predicted octanol–water partition coefficient (Wildman–Crippen LogP) is 4.73. The molecule has 1 aliphatic carbocycles. The number of hydrogen-bond donors (Lipinski definition) is 0. The van der Waals surface area contributed by atoms with E-state index in [-0.39, 0.29) is 16.9 Å². The minimum Gasteiger partial charge on any atom is -0.300 e. The highest BCUT2D eigenvalue weighted by molar-refractivity contribution is 5.01. The van der Waals surface area contributed by atoms with Crippen LogP contribution in [-0.4, -0.2) is 53.2 Å². The molecular weight excluding hydrogens is 299 g/mol. The van der Waals surface area contributed by atoms with Crippen molar-refractivity contribution in [3.05, 3.63) is 0 Å². The number of alkyl halides is 1. The van der Waals surface area contributed by atoms with Crippen molar-refractivity contribution in [2.75, 3.05) is 19.6 Å². The Hall–Kier alpha value is -0.150. The topological polar surface area (TPSA) is 6.48 Å². The van der Waals surface area contributed by atoms with Crippen LogP contribution in [0.1, 0.15) is 73.6 Å². The van der Waals surface area contributed by atoms with Crippen LogP contribution in [0.25, 0.3) is 0 Å². The summed E-state index contributed by atoms with van der Waals surface area (Å²) >= 11 is 0. The van der Waals surface area contributed by atoms with E-state index >= 15 is 0 Å². The second-order valence-electron chi connectivity index (χ2n) is 10.8. The highest BCUT2D eigenvalue weighted by Crippen LogP contribution is 2.42. The molecule has 3 fully saturated rings. The number of nitrogens with zero attached hydrogens (tertiary/aromatic N) is 2. The van der Waals surface area contributed by atoms with Gasteiger partial charge in [-0.25, -0.2) is 4.39 Å². The van der Waals surface area contributed by atoms with Crippen LogP contribution in [-0.2, 0) is 0 Å². The van der Waals surface area contributed by atoms with Crippen molar-refractivity contribution in [1.29, 1.82) is 0 Å². The highest BCUT2D eigenvalue weighted by atomic mass is 19.1. The standard InChI is InChI=1S/C21H39FN2/c1-20(2,3)18-10-7-15(11-19(18)22)12-23-13-16-8-9-17(14-23)24(16)21(4,5)6/h15-19H,7-14H2,1-6H3. The molecule has 0 radical (unpaired) electrons. The molecule has 3 heteroatoms. The molecule has 0 aromatic rings. The predicted molar refractivity (Wildman–Crippen MR) is 100 cm³/mol. The maximum Gasteiger partial charge on any atom is 0.104 e. The van der Waals surface area contributed by atoms with Gasteiger partial charge in [0.15, 0.2) is 0 Å².